The predicted molar refractivity (Wildman–Crippen MR) is 73.0 cm³/mol. The zero-order valence-electron chi connectivity index (χ0n) is 11.3. The molecule has 1 aliphatic rings. The van der Waals surface area contributed by atoms with Crippen LogP contribution >= 0.6 is 11.3 Å². The molecule has 19 heavy (non-hydrogen) atoms. The maximum absolute atomic E-state index is 4.46. The number of likely N-dealkylation sites (tertiary alicyclic amines) is 1. The largest absolute Gasteiger partial charge is 0.296 e. The van der Waals surface area contributed by atoms with Crippen LogP contribution in [0.5, 0.6) is 0 Å². The van der Waals surface area contributed by atoms with E-state index in [0.717, 1.165) is 41.3 Å². The molecule has 1 saturated heterocycles. The molecule has 1 fully saturated rings. The Morgan fingerprint density at radius 3 is 2.95 bits per heavy atom. The van der Waals surface area contributed by atoms with E-state index in [4.69, 9.17) is 0 Å². The number of aromatic amines is 1. The molecule has 2 aromatic heterocycles. The highest BCUT2D eigenvalue weighted by atomic mass is 32.1. The first-order chi connectivity index (χ1) is 9.20. The SMILES string of the molecule is Cc1nc(C2CCCN(Cc3nnc(C)s3)C2)n[nH]1. The lowest BCUT2D eigenvalue weighted by Gasteiger charge is -2.30. The summed E-state index contributed by atoms with van der Waals surface area (Å²) in [7, 11) is 0. The molecule has 0 aromatic carbocycles. The van der Waals surface area contributed by atoms with Crippen molar-refractivity contribution in [2.75, 3.05) is 13.1 Å². The van der Waals surface area contributed by atoms with E-state index in [1.807, 2.05) is 13.8 Å². The summed E-state index contributed by atoms with van der Waals surface area (Å²) < 4.78 is 0. The molecule has 3 heterocycles. The molecule has 2 aromatic rings. The van der Waals surface area contributed by atoms with Gasteiger partial charge < -0.3 is 0 Å². The van der Waals surface area contributed by atoms with Gasteiger partial charge in [0.2, 0.25) is 0 Å². The molecule has 0 radical (unpaired) electrons. The third-order valence-corrected chi connectivity index (χ3v) is 4.24. The summed E-state index contributed by atoms with van der Waals surface area (Å²) >= 11 is 1.68. The summed E-state index contributed by atoms with van der Waals surface area (Å²) in [4.78, 5) is 6.89. The number of aromatic nitrogens is 5. The summed E-state index contributed by atoms with van der Waals surface area (Å²) in [6.07, 6.45) is 2.36. The lowest BCUT2D eigenvalue weighted by atomic mass is 9.97. The van der Waals surface area contributed by atoms with E-state index in [1.165, 1.54) is 12.8 Å². The fourth-order valence-electron chi connectivity index (χ4n) is 2.55. The Hall–Kier alpha value is -1.34. The van der Waals surface area contributed by atoms with Gasteiger partial charge in [-0.3, -0.25) is 10.00 Å². The molecule has 3 rings (SSSR count). The van der Waals surface area contributed by atoms with Crippen molar-refractivity contribution in [3.8, 4) is 0 Å². The zero-order valence-corrected chi connectivity index (χ0v) is 12.1. The number of piperidine rings is 1. The van der Waals surface area contributed by atoms with E-state index in [2.05, 4.69) is 30.3 Å². The van der Waals surface area contributed by atoms with Crippen molar-refractivity contribution in [2.24, 2.45) is 0 Å². The van der Waals surface area contributed by atoms with E-state index < -0.39 is 0 Å². The Morgan fingerprint density at radius 2 is 2.26 bits per heavy atom. The van der Waals surface area contributed by atoms with Crippen molar-refractivity contribution in [1.29, 1.82) is 0 Å². The van der Waals surface area contributed by atoms with Gasteiger partial charge in [0.15, 0.2) is 5.82 Å². The van der Waals surface area contributed by atoms with Crippen LogP contribution < -0.4 is 0 Å². The van der Waals surface area contributed by atoms with Gasteiger partial charge in [-0.2, -0.15) is 5.10 Å². The quantitative estimate of drug-likeness (QED) is 0.924. The van der Waals surface area contributed by atoms with Crippen molar-refractivity contribution < 1.29 is 0 Å². The fourth-order valence-corrected chi connectivity index (χ4v) is 3.30. The monoisotopic (exact) mass is 278 g/mol. The molecule has 0 bridgehead atoms. The minimum atomic E-state index is 0.438. The molecule has 0 saturated carbocycles. The van der Waals surface area contributed by atoms with Gasteiger partial charge in [-0.15, -0.1) is 21.5 Å². The number of aryl methyl sites for hydroxylation is 2. The molecule has 1 N–H and O–H groups in total. The van der Waals surface area contributed by atoms with Gasteiger partial charge in [-0.05, 0) is 33.2 Å². The van der Waals surface area contributed by atoms with Crippen LogP contribution in [-0.4, -0.2) is 43.4 Å². The van der Waals surface area contributed by atoms with E-state index >= 15 is 0 Å². The number of rotatable bonds is 3. The topological polar surface area (TPSA) is 70.6 Å². The zero-order chi connectivity index (χ0) is 13.2. The summed E-state index contributed by atoms with van der Waals surface area (Å²) in [5.41, 5.74) is 0. The Balaban J connectivity index is 1.64. The van der Waals surface area contributed by atoms with Gasteiger partial charge in [-0.1, -0.05) is 0 Å². The minimum absolute atomic E-state index is 0.438. The summed E-state index contributed by atoms with van der Waals surface area (Å²) in [6, 6.07) is 0. The second-order valence-corrected chi connectivity index (χ2v) is 6.33. The Bertz CT molecular complexity index is 548. The maximum atomic E-state index is 4.46. The second kappa shape index (κ2) is 5.34. The van der Waals surface area contributed by atoms with Crippen LogP contribution in [-0.2, 0) is 6.54 Å². The molecule has 1 aliphatic heterocycles. The molecule has 6 nitrogen and oxygen atoms in total. The highest BCUT2D eigenvalue weighted by Crippen LogP contribution is 2.25. The van der Waals surface area contributed by atoms with Crippen molar-refractivity contribution >= 4 is 11.3 Å². The predicted octanol–water partition coefficient (Wildman–Crippen LogP) is 1.65. The van der Waals surface area contributed by atoms with Crippen molar-refractivity contribution in [3.05, 3.63) is 21.7 Å². The number of H-pyrrole nitrogens is 1. The van der Waals surface area contributed by atoms with E-state index in [0.29, 0.717) is 5.92 Å². The molecule has 0 spiro atoms. The first-order valence-electron chi connectivity index (χ1n) is 6.61. The van der Waals surface area contributed by atoms with Gasteiger partial charge in [0.25, 0.3) is 0 Å². The average Bonchev–Trinajstić information content (AvgIpc) is 2.99. The standard InChI is InChI=1S/C12H18N6S/c1-8-13-12(17-14-8)10-4-3-5-18(6-10)7-11-16-15-9(2)19-11/h10H,3-7H2,1-2H3,(H,13,14,17). The van der Waals surface area contributed by atoms with Crippen LogP contribution in [0.2, 0.25) is 0 Å². The smallest absolute Gasteiger partial charge is 0.155 e. The van der Waals surface area contributed by atoms with Gasteiger partial charge in [0.1, 0.15) is 15.8 Å². The molecule has 7 heteroatoms. The normalized spacial score (nSPS) is 20.8. The number of nitrogens with zero attached hydrogens (tertiary/aromatic N) is 5. The molecule has 1 unspecified atom stereocenters. The minimum Gasteiger partial charge on any atom is -0.296 e. The van der Waals surface area contributed by atoms with Crippen LogP contribution in [0.4, 0.5) is 0 Å². The first kappa shape index (κ1) is 12.7. The summed E-state index contributed by atoms with van der Waals surface area (Å²) in [5.74, 6) is 2.29. The Kier molecular flexibility index (Phi) is 3.56. The van der Waals surface area contributed by atoms with Gasteiger partial charge in [0.05, 0.1) is 6.54 Å². The molecular formula is C12H18N6S. The number of nitrogens with one attached hydrogen (secondary N) is 1. The van der Waals surface area contributed by atoms with Gasteiger partial charge in [0, 0.05) is 12.5 Å². The van der Waals surface area contributed by atoms with Crippen LogP contribution in [0.3, 0.4) is 0 Å². The van der Waals surface area contributed by atoms with Crippen molar-refractivity contribution in [1.82, 2.24) is 30.3 Å². The molecule has 0 amide bonds. The highest BCUT2D eigenvalue weighted by molar-refractivity contribution is 7.11. The van der Waals surface area contributed by atoms with Crippen LogP contribution in [0, 0.1) is 13.8 Å². The molecular weight excluding hydrogens is 260 g/mol. The summed E-state index contributed by atoms with van der Waals surface area (Å²) in [5, 5.41) is 17.6. The number of hydrogen-bond donors (Lipinski definition) is 1. The third kappa shape index (κ3) is 2.98. The van der Waals surface area contributed by atoms with Crippen molar-refractivity contribution in [3.63, 3.8) is 0 Å². The Morgan fingerprint density at radius 1 is 1.37 bits per heavy atom. The first-order valence-corrected chi connectivity index (χ1v) is 7.42. The van der Waals surface area contributed by atoms with Crippen LogP contribution in [0.25, 0.3) is 0 Å². The fraction of sp³-hybridized carbons (Fsp3) is 0.667. The van der Waals surface area contributed by atoms with Gasteiger partial charge >= 0.3 is 0 Å². The molecule has 0 aliphatic carbocycles. The lowest BCUT2D eigenvalue weighted by molar-refractivity contribution is 0.196. The third-order valence-electron chi connectivity index (χ3n) is 3.41. The summed E-state index contributed by atoms with van der Waals surface area (Å²) in [6.45, 7) is 6.97. The Labute approximate surface area is 116 Å². The van der Waals surface area contributed by atoms with E-state index in [-0.39, 0.29) is 0 Å². The highest BCUT2D eigenvalue weighted by Gasteiger charge is 2.24. The molecule has 102 valence electrons. The van der Waals surface area contributed by atoms with Crippen LogP contribution in [0.1, 0.15) is 40.4 Å². The van der Waals surface area contributed by atoms with Gasteiger partial charge in [-0.25, -0.2) is 4.98 Å². The van der Waals surface area contributed by atoms with Crippen LogP contribution in [0.15, 0.2) is 0 Å². The number of hydrogen-bond acceptors (Lipinski definition) is 6. The van der Waals surface area contributed by atoms with Crippen molar-refractivity contribution in [2.45, 2.75) is 39.2 Å². The lowest BCUT2D eigenvalue weighted by Crippen LogP contribution is -2.34. The molecule has 1 atom stereocenters. The maximum Gasteiger partial charge on any atom is 0.155 e. The average molecular weight is 278 g/mol. The second-order valence-electron chi connectivity index (χ2n) is 5.07. The van der Waals surface area contributed by atoms with E-state index in [9.17, 15) is 0 Å². The van der Waals surface area contributed by atoms with E-state index in [1.54, 1.807) is 11.3 Å².